The van der Waals surface area contributed by atoms with Gasteiger partial charge in [-0.1, -0.05) is 30.3 Å². The van der Waals surface area contributed by atoms with Crippen LogP contribution in [0.1, 0.15) is 11.1 Å². The van der Waals surface area contributed by atoms with Crippen molar-refractivity contribution in [1.82, 2.24) is 15.3 Å². The number of rotatable bonds is 6. The monoisotopic (exact) mass is 356 g/mol. The zero-order chi connectivity index (χ0) is 16.8. The van der Waals surface area contributed by atoms with E-state index in [9.17, 15) is 4.79 Å². The zero-order valence-corrected chi connectivity index (χ0v) is 14.5. The predicted octanol–water partition coefficient (Wildman–Crippen LogP) is 2.68. The fraction of sp³-hybridized carbons (Fsp3) is 0.158. The fourth-order valence-corrected chi connectivity index (χ4v) is 2.56. The molecule has 0 aliphatic carbocycles. The molecule has 1 amide bonds. The Bertz CT molecular complexity index is 845. The molecule has 0 unspecified atom stereocenters. The molecule has 2 aromatic heterocycles. The van der Waals surface area contributed by atoms with Gasteiger partial charge in [0, 0.05) is 42.0 Å². The number of halogens is 1. The van der Waals surface area contributed by atoms with Crippen molar-refractivity contribution in [2.45, 2.75) is 12.5 Å². The number of pyridine rings is 1. The second-order valence-corrected chi connectivity index (χ2v) is 5.67. The number of nitrogens with one attached hydrogen (secondary N) is 2. The van der Waals surface area contributed by atoms with E-state index >= 15 is 0 Å². The van der Waals surface area contributed by atoms with Gasteiger partial charge in [0.25, 0.3) is 0 Å². The molecule has 0 saturated heterocycles. The Kier molecular flexibility index (Phi) is 6.74. The Morgan fingerprint density at radius 1 is 1.24 bits per heavy atom. The summed E-state index contributed by atoms with van der Waals surface area (Å²) in [5.74, 6) is -0.156. The molecule has 6 heteroatoms. The number of aromatic nitrogens is 2. The van der Waals surface area contributed by atoms with Crippen LogP contribution in [0.3, 0.4) is 0 Å². The van der Waals surface area contributed by atoms with E-state index in [2.05, 4.69) is 15.3 Å². The minimum Gasteiger partial charge on any atom is -0.351 e. The average Bonchev–Trinajstić information content (AvgIpc) is 3.02. The van der Waals surface area contributed by atoms with Crippen LogP contribution in [0.2, 0.25) is 0 Å². The van der Waals surface area contributed by atoms with Crippen molar-refractivity contribution in [2.75, 3.05) is 6.54 Å². The summed E-state index contributed by atoms with van der Waals surface area (Å²) in [6.07, 6.45) is 7.60. The first-order valence-electron chi connectivity index (χ1n) is 7.90. The van der Waals surface area contributed by atoms with Crippen molar-refractivity contribution in [3.63, 3.8) is 0 Å². The van der Waals surface area contributed by atoms with Crippen molar-refractivity contribution in [2.24, 2.45) is 5.73 Å². The Balaban J connectivity index is 0.00000225. The number of H-pyrrole nitrogens is 1. The van der Waals surface area contributed by atoms with Gasteiger partial charge in [-0.05, 0) is 30.2 Å². The number of nitrogens with two attached hydrogens (primary N) is 1. The van der Waals surface area contributed by atoms with Gasteiger partial charge < -0.3 is 16.0 Å². The lowest BCUT2D eigenvalue weighted by molar-refractivity contribution is -0.116. The van der Waals surface area contributed by atoms with Crippen molar-refractivity contribution < 1.29 is 4.79 Å². The van der Waals surface area contributed by atoms with E-state index in [1.807, 2.05) is 48.7 Å². The number of nitrogens with zero attached hydrogens (tertiary/aromatic N) is 1. The molecule has 0 aliphatic rings. The van der Waals surface area contributed by atoms with Gasteiger partial charge in [-0.15, -0.1) is 12.4 Å². The van der Waals surface area contributed by atoms with Crippen LogP contribution in [0.25, 0.3) is 17.1 Å². The quantitative estimate of drug-likeness (QED) is 0.594. The maximum Gasteiger partial charge on any atom is 0.244 e. The summed E-state index contributed by atoms with van der Waals surface area (Å²) in [5.41, 5.74) is 8.97. The number of amides is 1. The molecule has 0 bridgehead atoms. The van der Waals surface area contributed by atoms with Gasteiger partial charge in [0.1, 0.15) is 5.65 Å². The zero-order valence-electron chi connectivity index (χ0n) is 13.7. The van der Waals surface area contributed by atoms with Crippen LogP contribution in [0.5, 0.6) is 0 Å². The number of benzene rings is 1. The van der Waals surface area contributed by atoms with Crippen LogP contribution >= 0.6 is 12.4 Å². The Morgan fingerprint density at radius 3 is 2.84 bits per heavy atom. The molecule has 0 fully saturated rings. The first-order valence-corrected chi connectivity index (χ1v) is 7.90. The van der Waals surface area contributed by atoms with Gasteiger partial charge in [-0.25, -0.2) is 4.98 Å². The van der Waals surface area contributed by atoms with Crippen molar-refractivity contribution in [3.8, 4) is 0 Å². The SMILES string of the molecule is Cl.N[C@H](CNC(=O)/C=C/c1c[nH]c2ncccc12)Cc1ccccc1. The van der Waals surface area contributed by atoms with E-state index in [-0.39, 0.29) is 24.4 Å². The number of carbonyl (C=O) groups excluding carboxylic acids is 1. The first kappa shape index (κ1) is 18.7. The first-order chi connectivity index (χ1) is 11.7. The normalized spacial score (nSPS) is 12.0. The van der Waals surface area contributed by atoms with Gasteiger partial charge in [-0.2, -0.15) is 0 Å². The molecular formula is C19H21ClN4O. The highest BCUT2D eigenvalue weighted by Gasteiger charge is 2.06. The van der Waals surface area contributed by atoms with Gasteiger partial charge in [0.05, 0.1) is 0 Å². The molecule has 130 valence electrons. The number of carbonyl (C=O) groups is 1. The van der Waals surface area contributed by atoms with Crippen LogP contribution in [0.15, 0.2) is 60.9 Å². The van der Waals surface area contributed by atoms with Crippen LogP contribution in [-0.4, -0.2) is 28.5 Å². The largest absolute Gasteiger partial charge is 0.351 e. The molecule has 1 atom stereocenters. The second-order valence-electron chi connectivity index (χ2n) is 5.67. The molecule has 4 N–H and O–H groups in total. The van der Waals surface area contributed by atoms with E-state index in [1.165, 1.54) is 11.6 Å². The fourth-order valence-electron chi connectivity index (χ4n) is 2.56. The lowest BCUT2D eigenvalue weighted by atomic mass is 10.1. The van der Waals surface area contributed by atoms with Crippen molar-refractivity contribution >= 4 is 35.4 Å². The molecule has 0 spiro atoms. The predicted molar refractivity (Wildman–Crippen MR) is 104 cm³/mol. The van der Waals surface area contributed by atoms with E-state index in [0.29, 0.717) is 6.54 Å². The Hall–Kier alpha value is -2.63. The average molecular weight is 357 g/mol. The summed E-state index contributed by atoms with van der Waals surface area (Å²) in [7, 11) is 0. The lowest BCUT2D eigenvalue weighted by Crippen LogP contribution is -2.37. The highest BCUT2D eigenvalue weighted by Crippen LogP contribution is 2.16. The molecule has 1 aromatic carbocycles. The highest BCUT2D eigenvalue weighted by atomic mass is 35.5. The van der Waals surface area contributed by atoms with Gasteiger partial charge in [0.15, 0.2) is 0 Å². The summed E-state index contributed by atoms with van der Waals surface area (Å²) in [4.78, 5) is 19.2. The van der Waals surface area contributed by atoms with Crippen LogP contribution in [0, 0.1) is 0 Å². The van der Waals surface area contributed by atoms with Crippen molar-refractivity contribution in [1.29, 1.82) is 0 Å². The number of hydrogen-bond donors (Lipinski definition) is 3. The highest BCUT2D eigenvalue weighted by molar-refractivity contribution is 5.95. The van der Waals surface area contributed by atoms with E-state index < -0.39 is 0 Å². The van der Waals surface area contributed by atoms with E-state index in [1.54, 1.807) is 12.3 Å². The summed E-state index contributed by atoms with van der Waals surface area (Å²) in [5, 5.41) is 3.82. The third-order valence-electron chi connectivity index (χ3n) is 3.78. The molecule has 3 rings (SSSR count). The molecule has 3 aromatic rings. The smallest absolute Gasteiger partial charge is 0.244 e. The van der Waals surface area contributed by atoms with Gasteiger partial charge in [0.2, 0.25) is 5.91 Å². The summed E-state index contributed by atoms with van der Waals surface area (Å²) < 4.78 is 0. The second kappa shape index (κ2) is 9.01. The number of hydrogen-bond acceptors (Lipinski definition) is 3. The Morgan fingerprint density at radius 2 is 2.04 bits per heavy atom. The summed E-state index contributed by atoms with van der Waals surface area (Å²) in [6.45, 7) is 0.438. The van der Waals surface area contributed by atoms with Gasteiger partial charge in [-0.3, -0.25) is 4.79 Å². The third-order valence-corrected chi connectivity index (χ3v) is 3.78. The lowest BCUT2D eigenvalue weighted by Gasteiger charge is -2.11. The third kappa shape index (κ3) is 5.17. The van der Waals surface area contributed by atoms with Crippen LogP contribution < -0.4 is 11.1 Å². The minimum atomic E-state index is -0.156. The Labute approximate surface area is 152 Å². The molecule has 5 nitrogen and oxygen atoms in total. The number of aromatic amines is 1. The maximum absolute atomic E-state index is 12.0. The molecule has 2 heterocycles. The topological polar surface area (TPSA) is 83.8 Å². The summed E-state index contributed by atoms with van der Waals surface area (Å²) >= 11 is 0. The van der Waals surface area contributed by atoms with E-state index in [4.69, 9.17) is 5.73 Å². The molecule has 25 heavy (non-hydrogen) atoms. The molecule has 0 radical (unpaired) electrons. The minimum absolute atomic E-state index is 0. The van der Waals surface area contributed by atoms with Gasteiger partial charge >= 0.3 is 0 Å². The molecule has 0 saturated carbocycles. The summed E-state index contributed by atoms with van der Waals surface area (Å²) in [6, 6.07) is 13.7. The van der Waals surface area contributed by atoms with Crippen molar-refractivity contribution in [3.05, 3.63) is 72.1 Å². The number of fused-ring (bicyclic) bond motifs is 1. The van der Waals surface area contributed by atoms with E-state index in [0.717, 1.165) is 23.0 Å². The standard InChI is InChI=1S/C19H20N4O.ClH/c20-16(11-14-5-2-1-3-6-14)13-22-18(24)9-8-15-12-23-19-17(15)7-4-10-21-19;/h1-10,12,16H,11,13,20H2,(H,21,23)(H,22,24);1H/b9-8+;/t16-;/m0./s1. The maximum atomic E-state index is 12.0. The van der Waals surface area contributed by atoms with Crippen LogP contribution in [0.4, 0.5) is 0 Å². The molecular weight excluding hydrogens is 336 g/mol. The molecule has 0 aliphatic heterocycles. The van der Waals surface area contributed by atoms with Crippen LogP contribution in [-0.2, 0) is 11.2 Å².